The third-order valence-corrected chi connectivity index (χ3v) is 8.74. The summed E-state index contributed by atoms with van der Waals surface area (Å²) in [5.74, 6) is 5.25. The lowest BCUT2D eigenvalue weighted by atomic mass is 9.48. The summed E-state index contributed by atoms with van der Waals surface area (Å²) in [6.45, 7) is 8.44. The highest BCUT2D eigenvalue weighted by Gasteiger charge is 2.65. The molecule has 8 atom stereocenters. The van der Waals surface area contributed by atoms with Crippen molar-refractivity contribution in [1.82, 2.24) is 0 Å². The van der Waals surface area contributed by atoms with Gasteiger partial charge in [0.2, 0.25) is 0 Å². The van der Waals surface area contributed by atoms with Crippen LogP contribution in [0.3, 0.4) is 0 Å². The Hall–Kier alpha value is -1.04. The minimum atomic E-state index is -0.987. The molecule has 0 aromatic heterocycles. The van der Waals surface area contributed by atoms with E-state index in [9.17, 15) is 10.2 Å². The molecule has 2 saturated carbocycles. The molecule has 3 unspecified atom stereocenters. The Bertz CT molecular complexity index is 670. The van der Waals surface area contributed by atoms with Gasteiger partial charge in [-0.05, 0) is 81.0 Å². The summed E-state index contributed by atoms with van der Waals surface area (Å²) in [4.78, 5) is 0. The van der Waals surface area contributed by atoms with Crippen molar-refractivity contribution in [2.75, 3.05) is 0 Å². The molecule has 0 spiro atoms. The zero-order chi connectivity index (χ0) is 18.7. The first kappa shape index (κ1) is 18.3. The molecule has 0 aromatic carbocycles. The second-order valence-electron chi connectivity index (χ2n) is 9.81. The van der Waals surface area contributed by atoms with Gasteiger partial charge in [0.05, 0.1) is 6.10 Å². The van der Waals surface area contributed by atoms with Crippen LogP contribution in [-0.2, 0) is 0 Å². The lowest BCUT2D eigenvalue weighted by Crippen LogP contribution is -2.55. The quantitative estimate of drug-likeness (QED) is 0.567. The van der Waals surface area contributed by atoms with E-state index in [0.29, 0.717) is 23.7 Å². The normalized spacial score (nSPS) is 50.4. The molecular formula is C24H34O2. The molecule has 4 aliphatic rings. The highest BCUT2D eigenvalue weighted by atomic mass is 16.3. The molecule has 0 radical (unpaired) electrons. The fraction of sp³-hybridized carbons (Fsp3) is 0.750. The van der Waals surface area contributed by atoms with E-state index in [1.165, 1.54) is 6.42 Å². The molecule has 2 N–H and O–H groups in total. The predicted octanol–water partition coefficient (Wildman–Crippen LogP) is 4.48. The Morgan fingerprint density at radius 2 is 2.12 bits per heavy atom. The van der Waals surface area contributed by atoms with Crippen molar-refractivity contribution >= 4 is 0 Å². The summed E-state index contributed by atoms with van der Waals surface area (Å²) in [5, 5.41) is 21.6. The number of rotatable bonds is 2. The molecular weight excluding hydrogens is 320 g/mol. The van der Waals surface area contributed by atoms with Gasteiger partial charge in [-0.25, -0.2) is 0 Å². The van der Waals surface area contributed by atoms with Gasteiger partial charge < -0.3 is 10.2 Å². The number of aliphatic hydroxyl groups is 2. The van der Waals surface area contributed by atoms with Crippen LogP contribution in [-0.4, -0.2) is 21.9 Å². The molecule has 4 aliphatic carbocycles. The summed E-state index contributed by atoms with van der Waals surface area (Å²) < 4.78 is 0. The van der Waals surface area contributed by atoms with Crippen molar-refractivity contribution in [3.63, 3.8) is 0 Å². The lowest BCUT2D eigenvalue weighted by Gasteiger charge is -2.56. The Morgan fingerprint density at radius 1 is 1.35 bits per heavy atom. The van der Waals surface area contributed by atoms with Gasteiger partial charge in [0.25, 0.3) is 0 Å². The second kappa shape index (κ2) is 6.25. The molecule has 2 heteroatoms. The summed E-state index contributed by atoms with van der Waals surface area (Å²) in [6.07, 6.45) is 16.0. The maximum absolute atomic E-state index is 11.5. The molecule has 142 valence electrons. The topological polar surface area (TPSA) is 40.5 Å². The van der Waals surface area contributed by atoms with Crippen LogP contribution in [0.5, 0.6) is 0 Å². The van der Waals surface area contributed by atoms with E-state index in [1.54, 1.807) is 11.1 Å². The first-order valence-corrected chi connectivity index (χ1v) is 10.6. The van der Waals surface area contributed by atoms with Crippen LogP contribution in [0, 0.1) is 47.3 Å². The van der Waals surface area contributed by atoms with E-state index in [1.807, 2.05) is 0 Å². The van der Waals surface area contributed by atoms with Crippen LogP contribution in [0.15, 0.2) is 23.8 Å². The average Bonchev–Trinajstić information content (AvgIpc) is 2.82. The van der Waals surface area contributed by atoms with Gasteiger partial charge in [0.1, 0.15) is 5.60 Å². The molecule has 4 rings (SSSR count). The minimum absolute atomic E-state index is 0.143. The highest BCUT2D eigenvalue weighted by Crippen LogP contribution is 2.67. The largest absolute Gasteiger partial charge is 0.393 e. The van der Waals surface area contributed by atoms with Crippen molar-refractivity contribution in [2.45, 2.75) is 76.9 Å². The summed E-state index contributed by atoms with van der Waals surface area (Å²) in [6, 6.07) is 0. The average molecular weight is 355 g/mol. The van der Waals surface area contributed by atoms with Gasteiger partial charge in [-0.3, -0.25) is 0 Å². The van der Waals surface area contributed by atoms with Gasteiger partial charge in [0, 0.05) is 5.41 Å². The van der Waals surface area contributed by atoms with Crippen LogP contribution in [0.4, 0.5) is 0 Å². The van der Waals surface area contributed by atoms with E-state index < -0.39 is 5.60 Å². The van der Waals surface area contributed by atoms with Crippen LogP contribution in [0.1, 0.15) is 65.2 Å². The van der Waals surface area contributed by atoms with Crippen molar-refractivity contribution in [3.05, 3.63) is 23.8 Å². The first-order valence-electron chi connectivity index (χ1n) is 10.6. The number of allylic oxidation sites excluding steroid dienone is 2. The number of aliphatic hydroxyl groups excluding tert-OH is 1. The predicted molar refractivity (Wildman–Crippen MR) is 105 cm³/mol. The van der Waals surface area contributed by atoms with Crippen molar-refractivity contribution in [2.24, 2.45) is 35.0 Å². The molecule has 0 amide bonds. The smallest absolute Gasteiger partial charge is 0.133 e. The van der Waals surface area contributed by atoms with Gasteiger partial charge in [0.15, 0.2) is 0 Å². The van der Waals surface area contributed by atoms with Crippen LogP contribution < -0.4 is 0 Å². The Balaban J connectivity index is 1.77. The molecule has 2 nitrogen and oxygen atoms in total. The van der Waals surface area contributed by atoms with Gasteiger partial charge in [-0.15, -0.1) is 13.0 Å². The summed E-state index contributed by atoms with van der Waals surface area (Å²) in [5.41, 5.74) is 2.02. The monoisotopic (exact) mass is 354 g/mol. The van der Waals surface area contributed by atoms with Crippen molar-refractivity contribution in [1.29, 1.82) is 0 Å². The van der Waals surface area contributed by atoms with Crippen LogP contribution in [0.25, 0.3) is 0 Å². The van der Waals surface area contributed by atoms with Gasteiger partial charge >= 0.3 is 0 Å². The highest BCUT2D eigenvalue weighted by molar-refractivity contribution is 5.32. The number of terminal acetylenes is 1. The third kappa shape index (κ3) is 2.33. The Labute approximate surface area is 158 Å². The zero-order valence-corrected chi connectivity index (χ0v) is 16.4. The SMILES string of the molecule is C#C[C@]1(O)[C@H](C)CC2C3CCC4=C(CC[C@@H](O)C4)C3[C@@H](CC=C)C[C@@]21C. The Kier molecular flexibility index (Phi) is 4.41. The van der Waals surface area contributed by atoms with Crippen LogP contribution >= 0.6 is 0 Å². The second-order valence-corrected chi connectivity index (χ2v) is 9.81. The maximum Gasteiger partial charge on any atom is 0.133 e. The number of hydrogen-bond acceptors (Lipinski definition) is 2. The van der Waals surface area contributed by atoms with E-state index in [-0.39, 0.29) is 17.4 Å². The standard InChI is InChI=1S/C24H34O2/c1-5-7-17-14-23(4)21(12-15(3)24(23,26)6-2)20-10-8-16-13-18(25)9-11-19(16)22(17)20/h2,5,15,17-18,20-22,25-26H,1,7-14H2,3-4H3/t15-,17+,18-,20?,21?,22?,23+,24+/m1/s1. The molecule has 0 aliphatic heterocycles. The summed E-state index contributed by atoms with van der Waals surface area (Å²) >= 11 is 0. The molecule has 0 aromatic rings. The maximum atomic E-state index is 11.5. The third-order valence-electron chi connectivity index (χ3n) is 8.74. The molecule has 26 heavy (non-hydrogen) atoms. The van der Waals surface area contributed by atoms with E-state index in [2.05, 4.69) is 32.4 Å². The van der Waals surface area contributed by atoms with E-state index >= 15 is 0 Å². The number of fused-ring (bicyclic) bond motifs is 4. The number of hydrogen-bond donors (Lipinski definition) is 2. The van der Waals surface area contributed by atoms with E-state index in [0.717, 1.165) is 44.9 Å². The van der Waals surface area contributed by atoms with Gasteiger partial charge in [-0.1, -0.05) is 37.0 Å². The fourth-order valence-electron chi connectivity index (χ4n) is 7.58. The fourth-order valence-corrected chi connectivity index (χ4v) is 7.58. The van der Waals surface area contributed by atoms with E-state index in [4.69, 9.17) is 6.42 Å². The molecule has 0 saturated heterocycles. The van der Waals surface area contributed by atoms with Gasteiger partial charge in [-0.2, -0.15) is 0 Å². The van der Waals surface area contributed by atoms with Crippen molar-refractivity contribution in [3.8, 4) is 12.3 Å². The minimum Gasteiger partial charge on any atom is -0.393 e. The molecule has 2 fully saturated rings. The van der Waals surface area contributed by atoms with Crippen molar-refractivity contribution < 1.29 is 10.2 Å². The molecule has 0 heterocycles. The lowest BCUT2D eigenvalue weighted by molar-refractivity contribution is -0.102. The summed E-state index contributed by atoms with van der Waals surface area (Å²) in [7, 11) is 0. The first-order chi connectivity index (χ1) is 12.4. The van der Waals surface area contributed by atoms with Crippen LogP contribution in [0.2, 0.25) is 0 Å². The zero-order valence-electron chi connectivity index (χ0n) is 16.4. The Morgan fingerprint density at radius 3 is 2.81 bits per heavy atom. The molecule has 0 bridgehead atoms.